The van der Waals surface area contributed by atoms with Crippen molar-refractivity contribution >= 4 is 21.6 Å². The molecule has 0 atom stereocenters. The molecule has 1 aromatic rings. The van der Waals surface area contributed by atoms with Gasteiger partial charge in [0.05, 0.1) is 4.90 Å². The van der Waals surface area contributed by atoms with Gasteiger partial charge < -0.3 is 0 Å². The topological polar surface area (TPSA) is 46.2 Å². The van der Waals surface area contributed by atoms with Crippen LogP contribution in [0.5, 0.6) is 0 Å². The van der Waals surface area contributed by atoms with Gasteiger partial charge in [-0.25, -0.2) is 13.1 Å². The highest BCUT2D eigenvalue weighted by Crippen LogP contribution is 2.35. The van der Waals surface area contributed by atoms with E-state index >= 15 is 0 Å². The highest BCUT2D eigenvalue weighted by Gasteiger charge is 2.28. The summed E-state index contributed by atoms with van der Waals surface area (Å²) in [6.45, 7) is 2.71. The summed E-state index contributed by atoms with van der Waals surface area (Å²) in [6.07, 6.45) is 6.63. The van der Waals surface area contributed by atoms with Crippen LogP contribution in [0.4, 0.5) is 0 Å². The molecule has 0 unspecified atom stereocenters. The Labute approximate surface area is 133 Å². The maximum atomic E-state index is 12.3. The predicted octanol–water partition coefficient (Wildman–Crippen LogP) is 3.72. The Balaban J connectivity index is 2.00. The summed E-state index contributed by atoms with van der Waals surface area (Å²) in [5.74, 6) is 0.544. The van der Waals surface area contributed by atoms with Gasteiger partial charge in [0.1, 0.15) is 0 Å². The SMILES string of the molecule is CC1(CNS(=O)(=O)c2ccc(CCCl)cc2)CCCCC1. The van der Waals surface area contributed by atoms with Gasteiger partial charge in [-0.15, -0.1) is 11.6 Å². The fourth-order valence-corrected chi connectivity index (χ4v) is 4.30. The second-order valence-electron chi connectivity index (χ2n) is 6.28. The fourth-order valence-electron chi connectivity index (χ4n) is 2.88. The predicted molar refractivity (Wildman–Crippen MR) is 87.2 cm³/mol. The molecule has 0 saturated heterocycles. The van der Waals surface area contributed by atoms with Gasteiger partial charge >= 0.3 is 0 Å². The van der Waals surface area contributed by atoms with E-state index in [0.29, 0.717) is 17.3 Å². The smallest absolute Gasteiger partial charge is 0.211 e. The third-order valence-electron chi connectivity index (χ3n) is 4.37. The van der Waals surface area contributed by atoms with Gasteiger partial charge in [0, 0.05) is 12.4 Å². The van der Waals surface area contributed by atoms with E-state index in [1.807, 2.05) is 12.1 Å². The molecular weight excluding hydrogens is 306 g/mol. The molecule has 0 bridgehead atoms. The molecule has 0 heterocycles. The van der Waals surface area contributed by atoms with E-state index in [0.717, 1.165) is 24.8 Å². The normalized spacial score (nSPS) is 18.6. The lowest BCUT2D eigenvalue weighted by Crippen LogP contribution is -2.37. The Bertz CT molecular complexity index is 548. The summed E-state index contributed by atoms with van der Waals surface area (Å²) in [5, 5.41) is 0. The van der Waals surface area contributed by atoms with Crippen LogP contribution in [0.15, 0.2) is 29.2 Å². The van der Waals surface area contributed by atoms with Gasteiger partial charge in [0.2, 0.25) is 10.0 Å². The zero-order valence-electron chi connectivity index (χ0n) is 12.6. The third-order valence-corrected chi connectivity index (χ3v) is 5.97. The summed E-state index contributed by atoms with van der Waals surface area (Å²) < 4.78 is 27.5. The molecule has 2 rings (SSSR count). The molecule has 0 radical (unpaired) electrons. The standard InChI is InChI=1S/C16H24ClNO2S/c1-16(10-3-2-4-11-16)13-18-21(19,20)15-7-5-14(6-8-15)9-12-17/h5-8,18H,2-4,9-13H2,1H3. The molecule has 5 heteroatoms. The molecule has 0 spiro atoms. The molecule has 1 aliphatic carbocycles. The average molecular weight is 330 g/mol. The largest absolute Gasteiger partial charge is 0.240 e. The van der Waals surface area contributed by atoms with Gasteiger partial charge in [0.15, 0.2) is 0 Å². The van der Waals surface area contributed by atoms with E-state index in [4.69, 9.17) is 11.6 Å². The fraction of sp³-hybridized carbons (Fsp3) is 0.625. The number of alkyl halides is 1. The number of nitrogens with one attached hydrogen (secondary N) is 1. The van der Waals surface area contributed by atoms with Gasteiger partial charge in [-0.2, -0.15) is 0 Å². The molecule has 118 valence electrons. The summed E-state index contributed by atoms with van der Waals surface area (Å²) in [5.41, 5.74) is 1.16. The molecule has 1 fully saturated rings. The van der Waals surface area contributed by atoms with E-state index in [9.17, 15) is 8.42 Å². The molecule has 1 aromatic carbocycles. The van der Waals surface area contributed by atoms with Crippen molar-refractivity contribution in [3.05, 3.63) is 29.8 Å². The minimum Gasteiger partial charge on any atom is -0.211 e. The third kappa shape index (κ3) is 4.70. The highest BCUT2D eigenvalue weighted by atomic mass is 35.5. The Morgan fingerprint density at radius 2 is 1.76 bits per heavy atom. The van der Waals surface area contributed by atoms with Crippen molar-refractivity contribution in [2.75, 3.05) is 12.4 Å². The first-order valence-electron chi connectivity index (χ1n) is 7.60. The Kier molecular flexibility index (Phi) is 5.69. The van der Waals surface area contributed by atoms with Crippen molar-refractivity contribution in [2.45, 2.75) is 50.3 Å². The van der Waals surface area contributed by atoms with Crippen molar-refractivity contribution in [3.63, 3.8) is 0 Å². The minimum absolute atomic E-state index is 0.101. The molecule has 0 aliphatic heterocycles. The molecule has 1 saturated carbocycles. The second-order valence-corrected chi connectivity index (χ2v) is 8.42. The first kappa shape index (κ1) is 16.8. The van der Waals surface area contributed by atoms with Crippen LogP contribution in [-0.4, -0.2) is 20.8 Å². The van der Waals surface area contributed by atoms with Crippen LogP contribution in [0.25, 0.3) is 0 Å². The second kappa shape index (κ2) is 7.12. The zero-order chi connectivity index (χ0) is 15.3. The zero-order valence-corrected chi connectivity index (χ0v) is 14.1. The maximum absolute atomic E-state index is 12.3. The minimum atomic E-state index is -3.41. The Hall–Kier alpha value is -0.580. The summed E-state index contributed by atoms with van der Waals surface area (Å²) in [4.78, 5) is 0.334. The van der Waals surface area contributed by atoms with Crippen molar-refractivity contribution in [3.8, 4) is 0 Å². The lowest BCUT2D eigenvalue weighted by atomic mass is 9.76. The Morgan fingerprint density at radius 3 is 2.33 bits per heavy atom. The number of aryl methyl sites for hydroxylation is 1. The molecular formula is C16H24ClNO2S. The molecule has 3 nitrogen and oxygen atoms in total. The number of hydrogen-bond acceptors (Lipinski definition) is 2. The summed E-state index contributed by atoms with van der Waals surface area (Å²) in [7, 11) is -3.41. The van der Waals surface area contributed by atoms with Crippen LogP contribution in [0.1, 0.15) is 44.6 Å². The van der Waals surface area contributed by atoms with Crippen molar-refractivity contribution in [1.82, 2.24) is 4.72 Å². The van der Waals surface area contributed by atoms with E-state index in [2.05, 4.69) is 11.6 Å². The first-order chi connectivity index (χ1) is 9.95. The average Bonchev–Trinajstić information content (AvgIpc) is 2.47. The van der Waals surface area contributed by atoms with Gasteiger partial charge in [0.25, 0.3) is 0 Å². The highest BCUT2D eigenvalue weighted by molar-refractivity contribution is 7.89. The van der Waals surface area contributed by atoms with Crippen LogP contribution in [0, 0.1) is 5.41 Å². The first-order valence-corrected chi connectivity index (χ1v) is 9.62. The molecule has 0 amide bonds. The van der Waals surface area contributed by atoms with E-state index in [-0.39, 0.29) is 5.41 Å². The summed E-state index contributed by atoms with van der Waals surface area (Å²) >= 11 is 5.69. The maximum Gasteiger partial charge on any atom is 0.240 e. The van der Waals surface area contributed by atoms with Crippen molar-refractivity contribution in [2.24, 2.45) is 5.41 Å². The van der Waals surface area contributed by atoms with Crippen LogP contribution >= 0.6 is 11.6 Å². The molecule has 21 heavy (non-hydrogen) atoms. The van der Waals surface area contributed by atoms with Crippen LogP contribution in [-0.2, 0) is 16.4 Å². The summed E-state index contributed by atoms with van der Waals surface area (Å²) in [6, 6.07) is 6.99. The monoisotopic (exact) mass is 329 g/mol. The van der Waals surface area contributed by atoms with E-state index in [1.54, 1.807) is 12.1 Å². The van der Waals surface area contributed by atoms with Gasteiger partial charge in [-0.1, -0.05) is 38.3 Å². The number of sulfonamides is 1. The number of halogens is 1. The van der Waals surface area contributed by atoms with E-state index in [1.165, 1.54) is 19.3 Å². The molecule has 0 aromatic heterocycles. The van der Waals surface area contributed by atoms with Crippen molar-refractivity contribution in [1.29, 1.82) is 0 Å². The quantitative estimate of drug-likeness (QED) is 0.808. The lowest BCUT2D eigenvalue weighted by Gasteiger charge is -2.33. The number of rotatable bonds is 6. The van der Waals surface area contributed by atoms with E-state index < -0.39 is 10.0 Å². The molecule has 1 N–H and O–H groups in total. The van der Waals surface area contributed by atoms with Crippen molar-refractivity contribution < 1.29 is 8.42 Å². The van der Waals surface area contributed by atoms with Gasteiger partial charge in [-0.05, 0) is 42.4 Å². The van der Waals surface area contributed by atoms with Gasteiger partial charge in [-0.3, -0.25) is 0 Å². The lowest BCUT2D eigenvalue weighted by molar-refractivity contribution is 0.219. The Morgan fingerprint density at radius 1 is 1.14 bits per heavy atom. The number of benzene rings is 1. The molecule has 1 aliphatic rings. The van der Waals surface area contributed by atoms with Crippen LogP contribution in [0.2, 0.25) is 0 Å². The van der Waals surface area contributed by atoms with Crippen LogP contribution in [0.3, 0.4) is 0 Å². The number of hydrogen-bond donors (Lipinski definition) is 1. The van der Waals surface area contributed by atoms with Crippen LogP contribution < -0.4 is 4.72 Å².